The topological polar surface area (TPSA) is 98.5 Å². The minimum atomic E-state index is -0.949. The van der Waals surface area contributed by atoms with E-state index in [-0.39, 0.29) is 34.7 Å². The normalized spacial score (nSPS) is 26.4. The molecule has 3 heterocycles. The van der Waals surface area contributed by atoms with Crippen LogP contribution in [0.3, 0.4) is 0 Å². The highest BCUT2D eigenvalue weighted by molar-refractivity contribution is 5.87. The smallest absolute Gasteiger partial charge is 0.341 e. The quantitative estimate of drug-likeness (QED) is 0.565. The van der Waals surface area contributed by atoms with E-state index < -0.39 is 23.3 Å². The van der Waals surface area contributed by atoms with Gasteiger partial charge >= 0.3 is 5.97 Å². The largest absolute Gasteiger partial charge is 0.507 e. The van der Waals surface area contributed by atoms with Crippen molar-refractivity contribution in [2.24, 2.45) is 5.92 Å². The summed E-state index contributed by atoms with van der Waals surface area (Å²) >= 11 is 0. The van der Waals surface area contributed by atoms with Crippen molar-refractivity contribution in [3.05, 3.63) is 33.7 Å². The molecule has 7 nitrogen and oxygen atoms in total. The second-order valence-electron chi connectivity index (χ2n) is 9.78. The van der Waals surface area contributed by atoms with Gasteiger partial charge in [0, 0.05) is 24.1 Å². The van der Waals surface area contributed by atoms with Crippen LogP contribution in [0.15, 0.2) is 21.3 Å². The Bertz CT molecular complexity index is 1100. The minimum Gasteiger partial charge on any atom is -0.507 e. The maximum absolute atomic E-state index is 12.9. The maximum Gasteiger partial charge on any atom is 0.341 e. The molecule has 4 rings (SSSR count). The van der Waals surface area contributed by atoms with Crippen molar-refractivity contribution >= 4 is 16.9 Å². The summed E-state index contributed by atoms with van der Waals surface area (Å²) in [5.74, 6) is 0.775. The lowest BCUT2D eigenvalue weighted by Gasteiger charge is -2.39. The molecule has 0 spiro atoms. The average molecular weight is 430 g/mol. The van der Waals surface area contributed by atoms with Gasteiger partial charge in [0.2, 0.25) is 0 Å². The number of phenols is 1. The van der Waals surface area contributed by atoms with Gasteiger partial charge in [-0.25, -0.2) is 4.79 Å². The number of epoxide rings is 1. The minimum absolute atomic E-state index is 0.101. The van der Waals surface area contributed by atoms with Crippen LogP contribution in [0, 0.1) is 12.8 Å². The molecule has 0 amide bonds. The number of carbonyl (C=O) groups is 1. The molecule has 1 aromatic heterocycles. The van der Waals surface area contributed by atoms with Gasteiger partial charge in [-0.15, -0.1) is 0 Å². The zero-order valence-electron chi connectivity index (χ0n) is 18.9. The molecular formula is C24H30O7. The standard InChI is InChI=1S/C24H30O7/c1-12(2)7-8-18-24(6,31-18)22(27)29-19-10-14-16(30-23(19,4)5)11-17-20(21(14)26)15(25)9-13(3)28-17/h9,11-12,18-19,26H,7-8,10H2,1-6H3. The maximum atomic E-state index is 12.9. The Balaban J connectivity index is 1.59. The summed E-state index contributed by atoms with van der Waals surface area (Å²) < 4.78 is 23.2. The van der Waals surface area contributed by atoms with Gasteiger partial charge in [-0.3, -0.25) is 4.79 Å². The Morgan fingerprint density at radius 1 is 1.29 bits per heavy atom. The number of hydrogen-bond donors (Lipinski definition) is 1. The molecule has 1 saturated heterocycles. The van der Waals surface area contributed by atoms with Crippen molar-refractivity contribution in [1.29, 1.82) is 0 Å². The lowest BCUT2D eigenvalue weighted by Crippen LogP contribution is -2.50. The molecule has 1 fully saturated rings. The first-order valence-electron chi connectivity index (χ1n) is 10.8. The molecule has 31 heavy (non-hydrogen) atoms. The van der Waals surface area contributed by atoms with E-state index in [1.165, 1.54) is 6.07 Å². The van der Waals surface area contributed by atoms with Crippen LogP contribution in [0.4, 0.5) is 0 Å². The molecule has 0 bridgehead atoms. The molecule has 2 aliphatic heterocycles. The summed E-state index contributed by atoms with van der Waals surface area (Å²) in [6, 6.07) is 2.95. The Labute approximate surface area is 181 Å². The van der Waals surface area contributed by atoms with Crippen molar-refractivity contribution in [2.75, 3.05) is 0 Å². The molecule has 168 valence electrons. The molecule has 3 unspecified atom stereocenters. The molecule has 2 aliphatic rings. The Kier molecular flexibility index (Phi) is 5.08. The molecule has 0 radical (unpaired) electrons. The van der Waals surface area contributed by atoms with Gasteiger partial charge in [-0.2, -0.15) is 0 Å². The van der Waals surface area contributed by atoms with Gasteiger partial charge in [0.15, 0.2) is 11.0 Å². The number of aryl methyl sites for hydroxylation is 1. The third-order valence-electron chi connectivity index (χ3n) is 6.32. The van der Waals surface area contributed by atoms with E-state index in [0.29, 0.717) is 23.0 Å². The van der Waals surface area contributed by atoms with E-state index in [4.69, 9.17) is 18.6 Å². The molecule has 3 atom stereocenters. The molecule has 0 aliphatic carbocycles. The lowest BCUT2D eigenvalue weighted by molar-refractivity contribution is -0.167. The number of phenolic OH excluding ortho intramolecular Hbond substituents is 1. The monoisotopic (exact) mass is 430 g/mol. The number of aromatic hydroxyl groups is 1. The number of benzene rings is 1. The predicted molar refractivity (Wildman–Crippen MR) is 115 cm³/mol. The van der Waals surface area contributed by atoms with Gasteiger partial charge in [-0.05, 0) is 46.5 Å². The van der Waals surface area contributed by atoms with Gasteiger partial charge < -0.3 is 23.7 Å². The highest BCUT2D eigenvalue weighted by atomic mass is 16.7. The number of carbonyl (C=O) groups excluding carboxylic acids is 1. The second-order valence-corrected chi connectivity index (χ2v) is 9.78. The van der Waals surface area contributed by atoms with Crippen molar-refractivity contribution in [1.82, 2.24) is 0 Å². The predicted octanol–water partition coefficient (Wildman–Crippen LogP) is 4.03. The molecule has 1 N–H and O–H groups in total. The first-order valence-corrected chi connectivity index (χ1v) is 10.8. The van der Waals surface area contributed by atoms with Crippen molar-refractivity contribution < 1.29 is 28.5 Å². The highest BCUT2D eigenvalue weighted by Crippen LogP contribution is 2.45. The number of rotatable bonds is 5. The fraction of sp³-hybridized carbons (Fsp3) is 0.583. The summed E-state index contributed by atoms with van der Waals surface area (Å²) in [5, 5.41) is 10.9. The van der Waals surface area contributed by atoms with Crippen molar-refractivity contribution in [3.63, 3.8) is 0 Å². The van der Waals surface area contributed by atoms with Crippen molar-refractivity contribution in [2.45, 2.75) is 84.2 Å². The van der Waals surface area contributed by atoms with E-state index in [2.05, 4.69) is 13.8 Å². The van der Waals surface area contributed by atoms with Crippen LogP contribution < -0.4 is 10.2 Å². The zero-order valence-corrected chi connectivity index (χ0v) is 18.9. The fourth-order valence-electron chi connectivity index (χ4n) is 4.20. The van der Waals surface area contributed by atoms with E-state index in [1.807, 2.05) is 13.8 Å². The van der Waals surface area contributed by atoms with Gasteiger partial charge in [0.25, 0.3) is 0 Å². The molecule has 7 heteroatoms. The first kappa shape index (κ1) is 21.7. The Morgan fingerprint density at radius 2 is 2.00 bits per heavy atom. The van der Waals surface area contributed by atoms with E-state index in [0.717, 1.165) is 12.8 Å². The second kappa shape index (κ2) is 7.26. The molecule has 2 aromatic rings. The number of fused-ring (bicyclic) bond motifs is 2. The summed E-state index contributed by atoms with van der Waals surface area (Å²) in [6.45, 7) is 11.3. The van der Waals surface area contributed by atoms with E-state index >= 15 is 0 Å². The third kappa shape index (κ3) is 3.80. The fourth-order valence-corrected chi connectivity index (χ4v) is 4.20. The van der Waals surface area contributed by atoms with E-state index in [9.17, 15) is 14.7 Å². The SMILES string of the molecule is Cc1cc(=O)c2c(O)c3c(cc2o1)OC(C)(C)C(OC(=O)C1(C)OC1CCC(C)C)C3. The van der Waals surface area contributed by atoms with Crippen LogP contribution in [-0.2, 0) is 20.7 Å². The van der Waals surface area contributed by atoms with Crippen LogP contribution in [0.5, 0.6) is 11.5 Å². The molecule has 0 saturated carbocycles. The van der Waals surface area contributed by atoms with Crippen molar-refractivity contribution in [3.8, 4) is 11.5 Å². The van der Waals surface area contributed by atoms with Gasteiger partial charge in [-0.1, -0.05) is 13.8 Å². The van der Waals surface area contributed by atoms with Crippen LogP contribution in [0.1, 0.15) is 58.8 Å². The Hall–Kier alpha value is -2.54. The number of hydrogen-bond acceptors (Lipinski definition) is 7. The van der Waals surface area contributed by atoms with Crippen LogP contribution in [-0.4, -0.2) is 34.5 Å². The van der Waals surface area contributed by atoms with Crippen LogP contribution >= 0.6 is 0 Å². The first-order chi connectivity index (χ1) is 14.4. The van der Waals surface area contributed by atoms with Crippen LogP contribution in [0.25, 0.3) is 11.0 Å². The lowest BCUT2D eigenvalue weighted by atomic mass is 9.89. The van der Waals surface area contributed by atoms with E-state index in [1.54, 1.807) is 19.9 Å². The van der Waals surface area contributed by atoms with Crippen LogP contribution in [0.2, 0.25) is 0 Å². The number of ether oxygens (including phenoxy) is 3. The third-order valence-corrected chi connectivity index (χ3v) is 6.32. The summed E-state index contributed by atoms with van der Waals surface area (Å²) in [4.78, 5) is 25.3. The summed E-state index contributed by atoms with van der Waals surface area (Å²) in [7, 11) is 0. The van der Waals surface area contributed by atoms with Gasteiger partial charge in [0.1, 0.15) is 39.9 Å². The molecular weight excluding hydrogens is 400 g/mol. The summed E-state index contributed by atoms with van der Waals surface area (Å²) in [5.41, 5.74) is -1.43. The highest BCUT2D eigenvalue weighted by Gasteiger charge is 2.60. The number of esters is 1. The average Bonchev–Trinajstić information content (AvgIpc) is 3.32. The summed E-state index contributed by atoms with van der Waals surface area (Å²) in [6.07, 6.45) is 1.20. The molecule has 1 aromatic carbocycles. The zero-order chi connectivity index (χ0) is 22.7. The van der Waals surface area contributed by atoms with Gasteiger partial charge in [0.05, 0.1) is 6.10 Å². The Morgan fingerprint density at radius 3 is 2.68 bits per heavy atom.